The number of furan rings is 1. The number of fused-ring (bicyclic) bond motifs is 1. The van der Waals surface area contributed by atoms with Gasteiger partial charge in [-0.3, -0.25) is 9.59 Å². The summed E-state index contributed by atoms with van der Waals surface area (Å²) < 4.78 is 34.1. The maximum absolute atomic E-state index is 13.6. The third kappa shape index (κ3) is 4.90. The smallest absolute Gasteiger partial charge is 0.251 e. The summed E-state index contributed by atoms with van der Waals surface area (Å²) in [6.45, 7) is 0.175. The van der Waals surface area contributed by atoms with Crippen molar-refractivity contribution in [2.24, 2.45) is 0 Å². The Morgan fingerprint density at radius 3 is 2.56 bits per heavy atom. The first-order valence-corrected chi connectivity index (χ1v) is 12.7. The summed E-state index contributed by atoms with van der Waals surface area (Å²) in [7, 11) is -3.88. The molecule has 0 unspecified atom stereocenters. The van der Waals surface area contributed by atoms with Crippen molar-refractivity contribution in [2.45, 2.75) is 49.7 Å². The van der Waals surface area contributed by atoms with Crippen LogP contribution in [0.15, 0.2) is 70.2 Å². The Bertz CT molecular complexity index is 1310. The van der Waals surface area contributed by atoms with Crippen molar-refractivity contribution < 1.29 is 22.4 Å². The second-order valence-corrected chi connectivity index (χ2v) is 10.6. The highest BCUT2D eigenvalue weighted by atomic mass is 32.2. The first-order valence-electron chi connectivity index (χ1n) is 11.2. The zero-order valence-corrected chi connectivity index (χ0v) is 19.3. The number of amides is 2. The average Bonchev–Trinajstić information content (AvgIpc) is 3.49. The number of benzene rings is 2. The molecule has 3 aromatic rings. The molecule has 2 N–H and O–H groups in total. The number of hydrogen-bond donors (Lipinski definition) is 2. The topological polar surface area (TPSA) is 109 Å². The first-order chi connectivity index (χ1) is 16.4. The van der Waals surface area contributed by atoms with Crippen LogP contribution in [-0.2, 0) is 34.3 Å². The lowest BCUT2D eigenvalue weighted by Gasteiger charge is -2.23. The van der Waals surface area contributed by atoms with E-state index in [-0.39, 0.29) is 35.8 Å². The molecule has 2 heterocycles. The molecule has 34 heavy (non-hydrogen) atoms. The average molecular weight is 480 g/mol. The lowest BCUT2D eigenvalue weighted by molar-refractivity contribution is -0.116. The van der Waals surface area contributed by atoms with Gasteiger partial charge in [-0.05, 0) is 72.9 Å². The monoisotopic (exact) mass is 479 g/mol. The van der Waals surface area contributed by atoms with Crippen LogP contribution in [0.1, 0.15) is 46.5 Å². The summed E-state index contributed by atoms with van der Waals surface area (Å²) in [5, 5.41) is 5.73. The van der Waals surface area contributed by atoms with Gasteiger partial charge in [0.1, 0.15) is 5.76 Å². The molecule has 2 amide bonds. The Balaban J connectivity index is 1.40. The van der Waals surface area contributed by atoms with Crippen LogP contribution in [0.2, 0.25) is 0 Å². The van der Waals surface area contributed by atoms with Gasteiger partial charge in [0.2, 0.25) is 15.9 Å². The van der Waals surface area contributed by atoms with E-state index < -0.39 is 10.0 Å². The van der Waals surface area contributed by atoms with Crippen LogP contribution in [0.5, 0.6) is 0 Å². The number of nitrogens with one attached hydrogen (secondary N) is 2. The van der Waals surface area contributed by atoms with E-state index in [2.05, 4.69) is 10.6 Å². The molecule has 9 heteroatoms. The van der Waals surface area contributed by atoms with E-state index in [4.69, 9.17) is 4.42 Å². The molecular weight excluding hydrogens is 454 g/mol. The minimum absolute atomic E-state index is 0.0626. The molecule has 1 fully saturated rings. The van der Waals surface area contributed by atoms with E-state index in [0.29, 0.717) is 29.9 Å². The van der Waals surface area contributed by atoms with Gasteiger partial charge in [0.05, 0.1) is 17.7 Å². The minimum atomic E-state index is -3.88. The molecule has 5 rings (SSSR count). The second kappa shape index (κ2) is 9.08. The van der Waals surface area contributed by atoms with Crippen molar-refractivity contribution in [3.8, 4) is 0 Å². The summed E-state index contributed by atoms with van der Waals surface area (Å²) in [6.07, 6.45) is 4.35. The summed E-state index contributed by atoms with van der Waals surface area (Å²) in [5.74, 6) is 0.335. The van der Waals surface area contributed by atoms with Gasteiger partial charge >= 0.3 is 0 Å². The number of rotatable bonds is 8. The fraction of sp³-hybridized carbons (Fsp3) is 0.280. The highest BCUT2D eigenvalue weighted by molar-refractivity contribution is 7.89. The maximum atomic E-state index is 13.6. The van der Waals surface area contributed by atoms with E-state index >= 15 is 0 Å². The van der Waals surface area contributed by atoms with Gasteiger partial charge in [-0.25, -0.2) is 8.42 Å². The Kier molecular flexibility index (Phi) is 5.97. The highest BCUT2D eigenvalue weighted by Crippen LogP contribution is 2.28. The summed E-state index contributed by atoms with van der Waals surface area (Å²) >= 11 is 0. The molecule has 1 aliphatic heterocycles. The van der Waals surface area contributed by atoms with Gasteiger partial charge < -0.3 is 15.1 Å². The zero-order valence-electron chi connectivity index (χ0n) is 18.5. The van der Waals surface area contributed by atoms with Crippen molar-refractivity contribution in [1.29, 1.82) is 0 Å². The fourth-order valence-electron chi connectivity index (χ4n) is 3.93. The van der Waals surface area contributed by atoms with Crippen molar-refractivity contribution >= 4 is 27.5 Å². The van der Waals surface area contributed by atoms with E-state index in [1.807, 2.05) is 0 Å². The largest absolute Gasteiger partial charge is 0.468 e. The van der Waals surface area contributed by atoms with Gasteiger partial charge in [0.25, 0.3) is 5.91 Å². The lowest BCUT2D eigenvalue weighted by Crippen LogP contribution is -2.30. The maximum Gasteiger partial charge on any atom is 0.251 e. The Hall–Kier alpha value is -3.43. The molecule has 2 aromatic carbocycles. The van der Waals surface area contributed by atoms with Crippen molar-refractivity contribution in [3.05, 3.63) is 83.3 Å². The molecule has 0 radical (unpaired) electrons. The Morgan fingerprint density at radius 1 is 1.06 bits per heavy atom. The SMILES string of the molecule is O=C1CCc2cc(S(=O)(=O)N(Cc3ccc(C(=O)NC4CC4)cc3)Cc3ccco3)ccc2N1. The molecule has 176 valence electrons. The van der Waals surface area contributed by atoms with Crippen molar-refractivity contribution in [3.63, 3.8) is 0 Å². The van der Waals surface area contributed by atoms with Gasteiger partial charge in [0.15, 0.2) is 0 Å². The van der Waals surface area contributed by atoms with Crippen LogP contribution in [0.3, 0.4) is 0 Å². The Labute approximate surface area is 198 Å². The van der Waals surface area contributed by atoms with E-state index in [1.165, 1.54) is 16.6 Å². The quantitative estimate of drug-likeness (QED) is 0.514. The van der Waals surface area contributed by atoms with Gasteiger partial charge in [-0.2, -0.15) is 4.31 Å². The number of carbonyl (C=O) groups excluding carboxylic acids is 2. The third-order valence-corrected chi connectivity index (χ3v) is 7.80. The van der Waals surface area contributed by atoms with Crippen LogP contribution >= 0.6 is 0 Å². The molecule has 0 atom stereocenters. The van der Waals surface area contributed by atoms with E-state index in [1.54, 1.807) is 48.5 Å². The predicted molar refractivity (Wildman–Crippen MR) is 125 cm³/mol. The van der Waals surface area contributed by atoms with Crippen molar-refractivity contribution in [1.82, 2.24) is 9.62 Å². The van der Waals surface area contributed by atoms with Crippen LogP contribution < -0.4 is 10.6 Å². The lowest BCUT2D eigenvalue weighted by atomic mass is 10.0. The number of anilines is 1. The first kappa shape index (κ1) is 22.4. The molecule has 0 spiro atoms. The van der Waals surface area contributed by atoms with Gasteiger partial charge in [-0.15, -0.1) is 0 Å². The molecule has 0 bridgehead atoms. The Morgan fingerprint density at radius 2 is 1.85 bits per heavy atom. The number of nitrogens with zero attached hydrogens (tertiary/aromatic N) is 1. The molecule has 1 saturated carbocycles. The molecule has 1 aliphatic carbocycles. The number of aryl methyl sites for hydroxylation is 1. The summed E-state index contributed by atoms with van der Waals surface area (Å²) in [6, 6.07) is 15.5. The number of carbonyl (C=O) groups is 2. The normalized spacial score (nSPS) is 15.6. The van der Waals surface area contributed by atoms with E-state index in [0.717, 1.165) is 24.0 Å². The minimum Gasteiger partial charge on any atom is -0.468 e. The number of sulfonamides is 1. The highest BCUT2D eigenvalue weighted by Gasteiger charge is 2.28. The zero-order chi connectivity index (χ0) is 23.7. The molecule has 2 aliphatic rings. The fourth-order valence-corrected chi connectivity index (χ4v) is 5.38. The third-order valence-electron chi connectivity index (χ3n) is 6.01. The van der Waals surface area contributed by atoms with Crippen LogP contribution in [0.4, 0.5) is 5.69 Å². The molecular formula is C25H25N3O5S. The van der Waals surface area contributed by atoms with Gasteiger partial charge in [0, 0.05) is 30.3 Å². The van der Waals surface area contributed by atoms with Crippen LogP contribution in [0.25, 0.3) is 0 Å². The molecule has 1 aromatic heterocycles. The van der Waals surface area contributed by atoms with Crippen LogP contribution in [0, 0.1) is 0 Å². The van der Waals surface area contributed by atoms with Crippen molar-refractivity contribution in [2.75, 3.05) is 5.32 Å². The predicted octanol–water partition coefficient (Wildman–Crippen LogP) is 3.45. The summed E-state index contributed by atoms with van der Waals surface area (Å²) in [4.78, 5) is 24.1. The summed E-state index contributed by atoms with van der Waals surface area (Å²) in [5.41, 5.74) is 2.74. The molecule has 0 saturated heterocycles. The standard InChI is InChI=1S/C25H25N3O5S/c29-24-12-7-19-14-22(10-11-23(19)27-24)34(31,32)28(16-21-2-1-13-33-21)15-17-3-5-18(6-4-17)25(30)26-20-8-9-20/h1-6,10-11,13-14,20H,7-9,12,15-16H2,(H,26,30)(H,27,29). The van der Waals surface area contributed by atoms with Gasteiger partial charge in [-0.1, -0.05) is 12.1 Å². The van der Waals surface area contributed by atoms with E-state index in [9.17, 15) is 18.0 Å². The number of hydrogen-bond acceptors (Lipinski definition) is 5. The second-order valence-electron chi connectivity index (χ2n) is 8.66. The molecule has 8 nitrogen and oxygen atoms in total. The van der Waals surface area contributed by atoms with Crippen LogP contribution in [-0.4, -0.2) is 30.6 Å².